The van der Waals surface area contributed by atoms with Crippen LogP contribution in [0.15, 0.2) is 30.3 Å². The van der Waals surface area contributed by atoms with Gasteiger partial charge >= 0.3 is 0 Å². The fourth-order valence-corrected chi connectivity index (χ4v) is 2.67. The lowest BCUT2D eigenvalue weighted by molar-refractivity contribution is -0.141. The molecule has 0 bridgehead atoms. The van der Waals surface area contributed by atoms with Crippen molar-refractivity contribution in [2.24, 2.45) is 0 Å². The number of hydrogen-bond acceptors (Lipinski definition) is 3. The summed E-state index contributed by atoms with van der Waals surface area (Å²) in [5.74, 6) is 0.188. The molecule has 0 saturated carbocycles. The molecule has 0 N–H and O–H groups in total. The first-order valence-electron chi connectivity index (χ1n) is 7.79. The maximum absolute atomic E-state index is 12.2. The SMILES string of the molecule is COCC(=O)N1CCN(C(=O)CCCc2ccccc2)CC1. The van der Waals surface area contributed by atoms with Crippen molar-refractivity contribution in [3.05, 3.63) is 35.9 Å². The summed E-state index contributed by atoms with van der Waals surface area (Å²) in [4.78, 5) is 27.5. The second-order valence-corrected chi connectivity index (χ2v) is 5.53. The topological polar surface area (TPSA) is 49.9 Å². The second-order valence-electron chi connectivity index (χ2n) is 5.53. The van der Waals surface area contributed by atoms with Crippen LogP contribution in [0.3, 0.4) is 0 Å². The van der Waals surface area contributed by atoms with Gasteiger partial charge in [-0.25, -0.2) is 0 Å². The molecule has 0 aliphatic carbocycles. The molecule has 5 heteroatoms. The molecule has 1 saturated heterocycles. The lowest BCUT2D eigenvalue weighted by atomic mass is 10.1. The minimum atomic E-state index is -0.00123. The molecule has 22 heavy (non-hydrogen) atoms. The van der Waals surface area contributed by atoms with E-state index in [2.05, 4.69) is 12.1 Å². The molecule has 0 radical (unpaired) electrons. The van der Waals surface area contributed by atoms with Crippen LogP contribution in [0.2, 0.25) is 0 Å². The van der Waals surface area contributed by atoms with E-state index in [1.54, 1.807) is 4.90 Å². The predicted octanol–water partition coefficient (Wildman–Crippen LogP) is 1.33. The number of ether oxygens (including phenoxy) is 1. The molecule has 5 nitrogen and oxygen atoms in total. The standard InChI is InChI=1S/C17H24N2O3/c1-22-14-17(21)19-12-10-18(11-13-19)16(20)9-5-8-15-6-3-2-4-7-15/h2-4,6-7H,5,8-14H2,1H3. The summed E-state index contributed by atoms with van der Waals surface area (Å²) in [6.07, 6.45) is 2.37. The molecular weight excluding hydrogens is 280 g/mol. The number of carbonyl (C=O) groups excluding carboxylic acids is 2. The van der Waals surface area contributed by atoms with Crippen LogP contribution in [0, 0.1) is 0 Å². The summed E-state index contributed by atoms with van der Waals surface area (Å²) in [5, 5.41) is 0. The van der Waals surface area contributed by atoms with E-state index in [0.29, 0.717) is 32.6 Å². The molecule has 0 unspecified atom stereocenters. The van der Waals surface area contributed by atoms with Gasteiger partial charge in [-0.15, -0.1) is 0 Å². The molecule has 1 fully saturated rings. The number of aryl methyl sites for hydroxylation is 1. The van der Waals surface area contributed by atoms with Gasteiger partial charge in [-0.3, -0.25) is 9.59 Å². The van der Waals surface area contributed by atoms with Gasteiger partial charge in [-0.1, -0.05) is 30.3 Å². The summed E-state index contributed by atoms with van der Waals surface area (Å²) >= 11 is 0. The molecule has 2 amide bonds. The molecule has 0 aromatic heterocycles. The number of hydrogen-bond donors (Lipinski definition) is 0. The van der Waals surface area contributed by atoms with E-state index >= 15 is 0 Å². The van der Waals surface area contributed by atoms with E-state index < -0.39 is 0 Å². The molecule has 2 rings (SSSR count). The molecular formula is C17H24N2O3. The largest absolute Gasteiger partial charge is 0.375 e. The summed E-state index contributed by atoms with van der Waals surface area (Å²) in [6, 6.07) is 10.2. The van der Waals surface area contributed by atoms with Crippen molar-refractivity contribution in [3.8, 4) is 0 Å². The number of piperazine rings is 1. The lowest BCUT2D eigenvalue weighted by Crippen LogP contribution is -2.51. The number of methoxy groups -OCH3 is 1. The highest BCUT2D eigenvalue weighted by atomic mass is 16.5. The highest BCUT2D eigenvalue weighted by Crippen LogP contribution is 2.09. The van der Waals surface area contributed by atoms with Crippen LogP contribution in [0.1, 0.15) is 18.4 Å². The van der Waals surface area contributed by atoms with Crippen molar-refractivity contribution in [3.63, 3.8) is 0 Å². The van der Waals surface area contributed by atoms with Crippen LogP contribution < -0.4 is 0 Å². The Labute approximate surface area is 131 Å². The Morgan fingerprint density at radius 2 is 1.59 bits per heavy atom. The van der Waals surface area contributed by atoms with E-state index in [1.807, 2.05) is 23.1 Å². The van der Waals surface area contributed by atoms with Crippen molar-refractivity contribution in [2.75, 3.05) is 39.9 Å². The molecule has 0 spiro atoms. The lowest BCUT2D eigenvalue weighted by Gasteiger charge is -2.34. The molecule has 0 atom stereocenters. The monoisotopic (exact) mass is 304 g/mol. The number of rotatable bonds is 6. The van der Waals surface area contributed by atoms with Crippen molar-refractivity contribution in [1.29, 1.82) is 0 Å². The molecule has 120 valence electrons. The highest BCUT2D eigenvalue weighted by Gasteiger charge is 2.23. The third-order valence-corrected chi connectivity index (χ3v) is 3.95. The Hall–Kier alpha value is -1.88. The smallest absolute Gasteiger partial charge is 0.248 e. The Balaban J connectivity index is 1.68. The number of carbonyl (C=O) groups is 2. The summed E-state index contributed by atoms with van der Waals surface area (Å²) in [5.41, 5.74) is 1.27. The highest BCUT2D eigenvalue weighted by molar-refractivity contribution is 5.79. The van der Waals surface area contributed by atoms with Crippen LogP contribution in [0.25, 0.3) is 0 Å². The molecule has 1 aromatic rings. The van der Waals surface area contributed by atoms with Gasteiger partial charge in [-0.05, 0) is 18.4 Å². The van der Waals surface area contributed by atoms with Crippen LogP contribution in [0.5, 0.6) is 0 Å². The van der Waals surface area contributed by atoms with Crippen molar-refractivity contribution < 1.29 is 14.3 Å². The number of nitrogens with zero attached hydrogens (tertiary/aromatic N) is 2. The fraction of sp³-hybridized carbons (Fsp3) is 0.529. The van der Waals surface area contributed by atoms with E-state index in [4.69, 9.17) is 4.74 Å². The zero-order chi connectivity index (χ0) is 15.8. The summed E-state index contributed by atoms with van der Waals surface area (Å²) in [6.45, 7) is 2.57. The van der Waals surface area contributed by atoms with Gasteiger partial charge in [0.05, 0.1) is 0 Å². The van der Waals surface area contributed by atoms with Crippen LogP contribution in [-0.2, 0) is 20.7 Å². The molecule has 1 heterocycles. The van der Waals surface area contributed by atoms with Gasteiger partial charge in [0.25, 0.3) is 0 Å². The maximum atomic E-state index is 12.2. The third kappa shape index (κ3) is 4.84. The minimum Gasteiger partial charge on any atom is -0.375 e. The maximum Gasteiger partial charge on any atom is 0.248 e. The Kier molecular flexibility index (Phi) is 6.40. The Morgan fingerprint density at radius 1 is 1.00 bits per heavy atom. The average molecular weight is 304 g/mol. The Bertz CT molecular complexity index is 482. The first-order chi connectivity index (χ1) is 10.7. The zero-order valence-electron chi connectivity index (χ0n) is 13.2. The number of benzene rings is 1. The van der Waals surface area contributed by atoms with Gasteiger partial charge in [0.2, 0.25) is 11.8 Å². The van der Waals surface area contributed by atoms with E-state index in [-0.39, 0.29) is 18.4 Å². The molecule has 1 aliphatic rings. The average Bonchev–Trinajstić information content (AvgIpc) is 2.56. The van der Waals surface area contributed by atoms with Gasteiger partial charge in [0.15, 0.2) is 0 Å². The van der Waals surface area contributed by atoms with E-state index in [1.165, 1.54) is 12.7 Å². The molecule has 1 aromatic carbocycles. The third-order valence-electron chi connectivity index (χ3n) is 3.95. The van der Waals surface area contributed by atoms with E-state index in [9.17, 15) is 9.59 Å². The second kappa shape index (κ2) is 8.54. The minimum absolute atomic E-state index is 0.00123. The van der Waals surface area contributed by atoms with Crippen LogP contribution in [0.4, 0.5) is 0 Å². The van der Waals surface area contributed by atoms with Crippen molar-refractivity contribution in [1.82, 2.24) is 9.80 Å². The Morgan fingerprint density at radius 3 is 2.18 bits per heavy atom. The zero-order valence-corrected chi connectivity index (χ0v) is 13.2. The summed E-state index contributed by atoms with van der Waals surface area (Å²) < 4.78 is 4.85. The van der Waals surface area contributed by atoms with Gasteiger partial charge in [0, 0.05) is 39.7 Å². The first kappa shape index (κ1) is 16.5. The van der Waals surface area contributed by atoms with Crippen LogP contribution in [-0.4, -0.2) is 61.5 Å². The van der Waals surface area contributed by atoms with Crippen LogP contribution >= 0.6 is 0 Å². The normalized spacial score (nSPS) is 15.0. The number of amides is 2. The quantitative estimate of drug-likeness (QED) is 0.796. The van der Waals surface area contributed by atoms with Gasteiger partial charge in [-0.2, -0.15) is 0 Å². The molecule has 1 aliphatic heterocycles. The van der Waals surface area contributed by atoms with Gasteiger partial charge < -0.3 is 14.5 Å². The van der Waals surface area contributed by atoms with E-state index in [0.717, 1.165) is 12.8 Å². The van der Waals surface area contributed by atoms with Crippen molar-refractivity contribution >= 4 is 11.8 Å². The predicted molar refractivity (Wildman–Crippen MR) is 84.4 cm³/mol. The fourth-order valence-electron chi connectivity index (χ4n) is 2.67. The van der Waals surface area contributed by atoms with Crippen molar-refractivity contribution in [2.45, 2.75) is 19.3 Å². The van der Waals surface area contributed by atoms with Gasteiger partial charge in [0.1, 0.15) is 6.61 Å². The first-order valence-corrected chi connectivity index (χ1v) is 7.79. The summed E-state index contributed by atoms with van der Waals surface area (Å²) in [7, 11) is 1.52.